The van der Waals surface area contributed by atoms with E-state index in [-0.39, 0.29) is 5.92 Å². The van der Waals surface area contributed by atoms with Crippen LogP contribution in [-0.2, 0) is 14.3 Å². The predicted octanol–water partition coefficient (Wildman–Crippen LogP) is 0.193. The molecule has 0 saturated carbocycles. The first-order valence-corrected chi connectivity index (χ1v) is 3.97. The van der Waals surface area contributed by atoms with Gasteiger partial charge in [0.2, 0.25) is 0 Å². The molecule has 2 unspecified atom stereocenters. The van der Waals surface area contributed by atoms with Gasteiger partial charge >= 0.3 is 5.97 Å². The minimum atomic E-state index is -1.08. The van der Waals surface area contributed by atoms with Gasteiger partial charge in [0.05, 0.1) is 13.7 Å². The third-order valence-electron chi connectivity index (χ3n) is 1.57. The lowest BCUT2D eigenvalue weighted by atomic mass is 10.1. The van der Waals surface area contributed by atoms with E-state index in [0.717, 1.165) is 0 Å². The lowest BCUT2D eigenvalue weighted by molar-refractivity contribution is -0.154. The topological polar surface area (TPSA) is 55.8 Å². The maximum Gasteiger partial charge on any atom is 0.335 e. The second-order valence-corrected chi connectivity index (χ2v) is 2.60. The van der Waals surface area contributed by atoms with Gasteiger partial charge in [-0.15, -0.1) is 0 Å². The molecule has 0 aliphatic rings. The monoisotopic (exact) mass is 176 g/mol. The van der Waals surface area contributed by atoms with Gasteiger partial charge in [-0.2, -0.15) is 0 Å². The van der Waals surface area contributed by atoms with E-state index >= 15 is 0 Å². The fourth-order valence-corrected chi connectivity index (χ4v) is 0.748. The number of aliphatic hydroxyl groups excluding tert-OH is 1. The number of carbonyl (C=O) groups is 1. The first kappa shape index (κ1) is 11.4. The zero-order chi connectivity index (χ0) is 9.56. The Morgan fingerprint density at radius 1 is 1.58 bits per heavy atom. The zero-order valence-electron chi connectivity index (χ0n) is 7.74. The summed E-state index contributed by atoms with van der Waals surface area (Å²) >= 11 is 0. The molecule has 0 aromatic heterocycles. The average Bonchev–Trinajstić information content (AvgIpc) is 2.11. The van der Waals surface area contributed by atoms with Gasteiger partial charge in [-0.05, 0) is 6.92 Å². The van der Waals surface area contributed by atoms with Crippen molar-refractivity contribution in [2.45, 2.75) is 20.0 Å². The molecule has 1 N–H and O–H groups in total. The van der Waals surface area contributed by atoms with Crippen LogP contribution in [0.1, 0.15) is 13.8 Å². The highest BCUT2D eigenvalue weighted by atomic mass is 16.5. The molecule has 4 heteroatoms. The lowest BCUT2D eigenvalue weighted by Crippen LogP contribution is -2.31. The smallest absolute Gasteiger partial charge is 0.335 e. The van der Waals surface area contributed by atoms with E-state index in [1.165, 1.54) is 7.11 Å². The molecule has 0 fully saturated rings. The van der Waals surface area contributed by atoms with Crippen molar-refractivity contribution in [1.82, 2.24) is 0 Å². The number of rotatable bonds is 5. The van der Waals surface area contributed by atoms with E-state index in [1.807, 2.05) is 6.92 Å². The Hall–Kier alpha value is -0.610. The van der Waals surface area contributed by atoms with Gasteiger partial charge in [0.1, 0.15) is 0 Å². The summed E-state index contributed by atoms with van der Waals surface area (Å²) in [4.78, 5) is 10.8. The van der Waals surface area contributed by atoms with Crippen LogP contribution >= 0.6 is 0 Å². The SMILES string of the molecule is CCOCC(C)C(O)C(=O)OC. The maximum atomic E-state index is 10.8. The summed E-state index contributed by atoms with van der Waals surface area (Å²) < 4.78 is 9.41. The van der Waals surface area contributed by atoms with Crippen LogP contribution in [0.5, 0.6) is 0 Å². The summed E-state index contributed by atoms with van der Waals surface area (Å²) in [5.74, 6) is -0.834. The summed E-state index contributed by atoms with van der Waals surface area (Å²) in [5, 5.41) is 9.26. The van der Waals surface area contributed by atoms with E-state index < -0.39 is 12.1 Å². The summed E-state index contributed by atoms with van der Waals surface area (Å²) in [7, 11) is 1.25. The van der Waals surface area contributed by atoms with Gasteiger partial charge < -0.3 is 14.6 Å². The maximum absolute atomic E-state index is 10.8. The lowest BCUT2D eigenvalue weighted by Gasteiger charge is -2.15. The van der Waals surface area contributed by atoms with Crippen molar-refractivity contribution in [3.63, 3.8) is 0 Å². The Kier molecular flexibility index (Phi) is 5.66. The molecule has 0 rings (SSSR count). The van der Waals surface area contributed by atoms with Gasteiger partial charge in [0.25, 0.3) is 0 Å². The van der Waals surface area contributed by atoms with Crippen LogP contribution < -0.4 is 0 Å². The molecule has 0 aromatic rings. The third kappa shape index (κ3) is 3.69. The molecule has 0 saturated heterocycles. The van der Waals surface area contributed by atoms with Crippen LogP contribution in [0.25, 0.3) is 0 Å². The first-order valence-electron chi connectivity index (χ1n) is 3.97. The van der Waals surface area contributed by atoms with Crippen LogP contribution in [0.3, 0.4) is 0 Å². The average molecular weight is 176 g/mol. The number of hydrogen-bond donors (Lipinski definition) is 1. The van der Waals surface area contributed by atoms with Crippen molar-refractivity contribution in [1.29, 1.82) is 0 Å². The summed E-state index contributed by atoms with van der Waals surface area (Å²) in [6.07, 6.45) is -1.08. The molecule has 0 heterocycles. The van der Waals surface area contributed by atoms with Crippen LogP contribution in [-0.4, -0.2) is 37.5 Å². The summed E-state index contributed by atoms with van der Waals surface area (Å²) in [5.41, 5.74) is 0. The number of carbonyl (C=O) groups excluding carboxylic acids is 1. The second kappa shape index (κ2) is 5.97. The van der Waals surface area contributed by atoms with Crippen molar-refractivity contribution in [3.05, 3.63) is 0 Å². The molecule has 0 radical (unpaired) electrons. The van der Waals surface area contributed by atoms with Crippen molar-refractivity contribution in [2.24, 2.45) is 5.92 Å². The molecule has 0 amide bonds. The van der Waals surface area contributed by atoms with Crippen LogP contribution in [0.2, 0.25) is 0 Å². The standard InChI is InChI=1S/C8H16O4/c1-4-12-5-6(2)7(9)8(10)11-3/h6-7,9H,4-5H2,1-3H3. The highest BCUT2D eigenvalue weighted by Gasteiger charge is 2.22. The van der Waals surface area contributed by atoms with Crippen molar-refractivity contribution in [2.75, 3.05) is 20.3 Å². The molecule has 0 aliphatic carbocycles. The fourth-order valence-electron chi connectivity index (χ4n) is 0.748. The van der Waals surface area contributed by atoms with Gasteiger partial charge in [-0.25, -0.2) is 4.79 Å². The molecule has 12 heavy (non-hydrogen) atoms. The van der Waals surface area contributed by atoms with Gasteiger partial charge in [0.15, 0.2) is 6.10 Å². The third-order valence-corrected chi connectivity index (χ3v) is 1.57. The zero-order valence-corrected chi connectivity index (χ0v) is 7.74. The Morgan fingerprint density at radius 3 is 2.58 bits per heavy atom. The number of esters is 1. The first-order chi connectivity index (χ1) is 5.63. The molecule has 2 atom stereocenters. The second-order valence-electron chi connectivity index (χ2n) is 2.60. The summed E-state index contributed by atoms with van der Waals surface area (Å²) in [6.45, 7) is 4.54. The fraction of sp³-hybridized carbons (Fsp3) is 0.875. The van der Waals surface area contributed by atoms with E-state index in [9.17, 15) is 9.90 Å². The highest BCUT2D eigenvalue weighted by Crippen LogP contribution is 2.04. The minimum Gasteiger partial charge on any atom is -0.467 e. The van der Waals surface area contributed by atoms with Crippen molar-refractivity contribution in [3.8, 4) is 0 Å². The number of hydrogen-bond acceptors (Lipinski definition) is 4. The van der Waals surface area contributed by atoms with Crippen LogP contribution in [0.15, 0.2) is 0 Å². The number of aliphatic hydroxyl groups is 1. The van der Waals surface area contributed by atoms with Crippen molar-refractivity contribution < 1.29 is 19.4 Å². The molecule has 0 aromatic carbocycles. The molecule has 0 aliphatic heterocycles. The number of methoxy groups -OCH3 is 1. The van der Waals surface area contributed by atoms with E-state index in [1.54, 1.807) is 6.92 Å². The Morgan fingerprint density at radius 2 is 2.17 bits per heavy atom. The highest BCUT2D eigenvalue weighted by molar-refractivity contribution is 5.74. The minimum absolute atomic E-state index is 0.225. The Balaban J connectivity index is 3.75. The normalized spacial score (nSPS) is 15.3. The molecule has 0 bridgehead atoms. The van der Waals surface area contributed by atoms with Crippen molar-refractivity contribution >= 4 is 5.97 Å². The van der Waals surface area contributed by atoms with Crippen LogP contribution in [0, 0.1) is 5.92 Å². The quantitative estimate of drug-likeness (QED) is 0.608. The molecule has 4 nitrogen and oxygen atoms in total. The Labute approximate surface area is 72.5 Å². The van der Waals surface area contributed by atoms with Gasteiger partial charge in [-0.3, -0.25) is 0 Å². The molecular weight excluding hydrogens is 160 g/mol. The van der Waals surface area contributed by atoms with Crippen LogP contribution in [0.4, 0.5) is 0 Å². The summed E-state index contributed by atoms with van der Waals surface area (Å²) in [6, 6.07) is 0. The molecule has 72 valence electrons. The number of ether oxygens (including phenoxy) is 2. The molecular formula is C8H16O4. The van der Waals surface area contributed by atoms with E-state index in [2.05, 4.69) is 4.74 Å². The van der Waals surface area contributed by atoms with Gasteiger partial charge in [-0.1, -0.05) is 6.92 Å². The molecule has 0 spiro atoms. The Bertz CT molecular complexity index is 135. The largest absolute Gasteiger partial charge is 0.467 e. The van der Waals surface area contributed by atoms with E-state index in [0.29, 0.717) is 13.2 Å². The van der Waals surface area contributed by atoms with E-state index in [4.69, 9.17) is 4.74 Å². The van der Waals surface area contributed by atoms with Gasteiger partial charge in [0, 0.05) is 12.5 Å². The predicted molar refractivity (Wildman–Crippen MR) is 43.7 cm³/mol.